The summed E-state index contributed by atoms with van der Waals surface area (Å²) in [6.45, 7) is 2.21. The fourth-order valence-corrected chi connectivity index (χ4v) is 5.19. The van der Waals surface area contributed by atoms with Crippen LogP contribution in [0.1, 0.15) is 15.2 Å². The summed E-state index contributed by atoms with van der Waals surface area (Å²) in [7, 11) is 0. The highest BCUT2D eigenvalue weighted by atomic mass is 35.5. The number of carbonyl (C=O) groups excluding carboxylic acids is 2. The zero-order chi connectivity index (χ0) is 22.1. The van der Waals surface area contributed by atoms with Gasteiger partial charge in [0.1, 0.15) is 0 Å². The summed E-state index contributed by atoms with van der Waals surface area (Å²) in [5, 5.41) is 1.78. The van der Waals surface area contributed by atoms with E-state index in [0.717, 1.165) is 26.9 Å². The molecular formula is C25H22ClN3O2S. The van der Waals surface area contributed by atoms with E-state index in [4.69, 9.17) is 11.6 Å². The number of nitrogens with zero attached hydrogens (tertiary/aromatic N) is 2. The molecule has 1 N–H and O–H groups in total. The summed E-state index contributed by atoms with van der Waals surface area (Å²) < 4.78 is 0. The van der Waals surface area contributed by atoms with Crippen molar-refractivity contribution >= 4 is 45.7 Å². The summed E-state index contributed by atoms with van der Waals surface area (Å²) in [6.07, 6.45) is 2.28. The van der Waals surface area contributed by atoms with Crippen molar-refractivity contribution in [2.24, 2.45) is 0 Å². The van der Waals surface area contributed by atoms with Gasteiger partial charge in [0.05, 0.1) is 11.3 Å². The number of para-hydroxylation sites is 1. The molecule has 0 saturated carbocycles. The summed E-state index contributed by atoms with van der Waals surface area (Å²) in [5.74, 6) is 0.127. The molecule has 1 saturated heterocycles. The van der Waals surface area contributed by atoms with Crippen LogP contribution in [-0.4, -0.2) is 52.8 Å². The lowest BCUT2D eigenvalue weighted by molar-refractivity contribution is -0.131. The molecule has 162 valence electrons. The number of aromatic amines is 1. The van der Waals surface area contributed by atoms with Gasteiger partial charge in [0.15, 0.2) is 0 Å². The van der Waals surface area contributed by atoms with Crippen molar-refractivity contribution in [1.82, 2.24) is 14.8 Å². The molecule has 1 aliphatic heterocycles. The maximum atomic E-state index is 13.0. The summed E-state index contributed by atoms with van der Waals surface area (Å²) in [6, 6.07) is 19.5. The number of halogens is 1. The average molecular weight is 464 g/mol. The van der Waals surface area contributed by atoms with E-state index in [1.165, 1.54) is 11.3 Å². The van der Waals surface area contributed by atoms with Crippen molar-refractivity contribution in [3.63, 3.8) is 0 Å². The zero-order valence-electron chi connectivity index (χ0n) is 17.4. The van der Waals surface area contributed by atoms with Crippen molar-refractivity contribution in [1.29, 1.82) is 0 Å². The minimum absolute atomic E-state index is 0.0268. The van der Waals surface area contributed by atoms with Crippen LogP contribution in [0.2, 0.25) is 5.02 Å². The third kappa shape index (κ3) is 4.16. The summed E-state index contributed by atoms with van der Waals surface area (Å²) in [5.41, 5.74) is 3.10. The third-order valence-electron chi connectivity index (χ3n) is 5.88. The first-order valence-corrected chi connectivity index (χ1v) is 11.8. The number of nitrogens with one attached hydrogen (secondary N) is 1. The Hall–Kier alpha value is -3.09. The highest BCUT2D eigenvalue weighted by Gasteiger charge is 2.26. The first kappa shape index (κ1) is 20.8. The normalized spacial score (nSPS) is 14.2. The Balaban J connectivity index is 1.19. The van der Waals surface area contributed by atoms with Crippen molar-refractivity contribution < 1.29 is 9.59 Å². The fourth-order valence-electron chi connectivity index (χ4n) is 4.09. The lowest BCUT2D eigenvalue weighted by Crippen LogP contribution is -2.50. The monoisotopic (exact) mass is 463 g/mol. The molecule has 2 amide bonds. The molecule has 2 aromatic heterocycles. The van der Waals surface area contributed by atoms with E-state index in [1.807, 2.05) is 76.7 Å². The highest BCUT2D eigenvalue weighted by molar-refractivity contribution is 7.17. The summed E-state index contributed by atoms with van der Waals surface area (Å²) >= 11 is 7.45. The lowest BCUT2D eigenvalue weighted by atomic mass is 10.1. The Kier molecular flexibility index (Phi) is 5.72. The molecular weight excluding hydrogens is 442 g/mol. The largest absolute Gasteiger partial charge is 0.361 e. The van der Waals surface area contributed by atoms with Crippen LogP contribution in [0, 0.1) is 0 Å². The number of benzene rings is 2. The molecule has 1 fully saturated rings. The van der Waals surface area contributed by atoms with Crippen LogP contribution in [0.5, 0.6) is 0 Å². The number of H-pyrrole nitrogens is 1. The van der Waals surface area contributed by atoms with Crippen LogP contribution in [-0.2, 0) is 11.2 Å². The summed E-state index contributed by atoms with van der Waals surface area (Å²) in [4.78, 5) is 34.5. The van der Waals surface area contributed by atoms with Gasteiger partial charge in [0.2, 0.25) is 5.91 Å². The number of piperazine rings is 1. The van der Waals surface area contributed by atoms with E-state index in [0.29, 0.717) is 42.5 Å². The molecule has 5 rings (SSSR count). The second-order valence-electron chi connectivity index (χ2n) is 7.88. The van der Waals surface area contributed by atoms with Crippen molar-refractivity contribution in [2.75, 3.05) is 26.2 Å². The van der Waals surface area contributed by atoms with Crippen LogP contribution in [0.3, 0.4) is 0 Å². The van der Waals surface area contributed by atoms with Crippen LogP contribution in [0.25, 0.3) is 21.3 Å². The minimum atomic E-state index is 0.0268. The quantitative estimate of drug-likeness (QED) is 0.459. The van der Waals surface area contributed by atoms with Gasteiger partial charge in [-0.1, -0.05) is 41.9 Å². The molecule has 0 spiro atoms. The second kappa shape index (κ2) is 8.81. The number of carbonyl (C=O) groups is 2. The van der Waals surface area contributed by atoms with Crippen molar-refractivity contribution in [3.8, 4) is 10.4 Å². The maximum absolute atomic E-state index is 13.0. The molecule has 0 radical (unpaired) electrons. The van der Waals surface area contributed by atoms with Gasteiger partial charge in [-0.05, 0) is 41.5 Å². The number of hydrogen-bond donors (Lipinski definition) is 1. The Bertz CT molecular complexity index is 1270. The molecule has 1 aliphatic rings. The molecule has 7 heteroatoms. The number of thiophene rings is 1. The van der Waals surface area contributed by atoms with Gasteiger partial charge >= 0.3 is 0 Å². The number of fused-ring (bicyclic) bond motifs is 1. The molecule has 0 unspecified atom stereocenters. The van der Waals surface area contributed by atoms with Gasteiger partial charge in [0.25, 0.3) is 5.91 Å². The molecule has 0 aliphatic carbocycles. The molecule has 0 bridgehead atoms. The van der Waals surface area contributed by atoms with Crippen molar-refractivity contribution in [2.45, 2.75) is 6.42 Å². The highest BCUT2D eigenvalue weighted by Crippen LogP contribution is 2.30. The van der Waals surface area contributed by atoms with E-state index in [9.17, 15) is 9.59 Å². The average Bonchev–Trinajstić information content (AvgIpc) is 3.47. The Morgan fingerprint density at radius 3 is 2.41 bits per heavy atom. The smallest absolute Gasteiger partial charge is 0.264 e. The van der Waals surface area contributed by atoms with E-state index < -0.39 is 0 Å². The van der Waals surface area contributed by atoms with E-state index in [2.05, 4.69) is 4.98 Å². The fraction of sp³-hybridized carbons (Fsp3) is 0.200. The number of rotatable bonds is 4. The molecule has 5 nitrogen and oxygen atoms in total. The Labute approximate surface area is 195 Å². The van der Waals surface area contributed by atoms with E-state index in [1.54, 1.807) is 0 Å². The topological polar surface area (TPSA) is 56.4 Å². The number of hydrogen-bond acceptors (Lipinski definition) is 3. The van der Waals surface area contributed by atoms with Gasteiger partial charge in [-0.15, -0.1) is 11.3 Å². The lowest BCUT2D eigenvalue weighted by Gasteiger charge is -2.34. The van der Waals surface area contributed by atoms with Crippen LogP contribution in [0.4, 0.5) is 0 Å². The van der Waals surface area contributed by atoms with E-state index >= 15 is 0 Å². The molecule has 0 atom stereocenters. The zero-order valence-corrected chi connectivity index (χ0v) is 19.0. The SMILES string of the molecule is O=C(Cc1c[nH]c2ccccc12)N1CCN(C(=O)c2ccc(-c3ccc(Cl)cc3)s2)CC1. The molecule has 2 aromatic carbocycles. The van der Waals surface area contributed by atoms with Gasteiger partial charge in [-0.2, -0.15) is 0 Å². The predicted octanol–water partition coefficient (Wildman–Crippen LogP) is 5.08. The van der Waals surface area contributed by atoms with Gasteiger partial charge < -0.3 is 14.8 Å². The maximum Gasteiger partial charge on any atom is 0.264 e. The van der Waals surface area contributed by atoms with Gasteiger partial charge in [0, 0.05) is 53.2 Å². The Morgan fingerprint density at radius 2 is 1.62 bits per heavy atom. The van der Waals surface area contributed by atoms with E-state index in [-0.39, 0.29) is 11.8 Å². The molecule has 4 aromatic rings. The van der Waals surface area contributed by atoms with Gasteiger partial charge in [-0.25, -0.2) is 0 Å². The van der Waals surface area contributed by atoms with Crippen LogP contribution >= 0.6 is 22.9 Å². The minimum Gasteiger partial charge on any atom is -0.361 e. The van der Waals surface area contributed by atoms with Crippen LogP contribution < -0.4 is 0 Å². The van der Waals surface area contributed by atoms with Crippen LogP contribution in [0.15, 0.2) is 66.9 Å². The van der Waals surface area contributed by atoms with Crippen molar-refractivity contribution in [3.05, 3.63) is 82.3 Å². The molecule has 32 heavy (non-hydrogen) atoms. The number of aromatic nitrogens is 1. The third-order valence-corrected chi connectivity index (χ3v) is 7.26. The Morgan fingerprint density at radius 1 is 0.906 bits per heavy atom. The molecule has 3 heterocycles. The first-order valence-electron chi connectivity index (χ1n) is 10.6. The number of amides is 2. The van der Waals surface area contributed by atoms with Gasteiger partial charge in [-0.3, -0.25) is 9.59 Å². The standard InChI is InChI=1S/C25H22ClN3O2S/c26-19-7-5-17(6-8-19)22-9-10-23(32-22)25(31)29-13-11-28(12-14-29)24(30)15-18-16-27-21-4-2-1-3-20(18)21/h1-10,16,27H,11-15H2. The first-order chi connectivity index (χ1) is 15.6. The predicted molar refractivity (Wildman–Crippen MR) is 129 cm³/mol. The second-order valence-corrected chi connectivity index (χ2v) is 9.40.